The summed E-state index contributed by atoms with van der Waals surface area (Å²) in [5, 5.41) is 10.3. The molecular formula is C11H13FOS. The van der Waals surface area contributed by atoms with Gasteiger partial charge in [0.05, 0.1) is 5.60 Å². The number of thioether (sulfide) groups is 1. The number of aliphatic hydroxyl groups is 1. The SMILES string of the molecule is OC1(c2ccccc2F)CCSCC1. The molecule has 0 atom stereocenters. The topological polar surface area (TPSA) is 20.2 Å². The lowest BCUT2D eigenvalue weighted by Crippen LogP contribution is -2.31. The summed E-state index contributed by atoms with van der Waals surface area (Å²) in [5.41, 5.74) is -0.475. The van der Waals surface area contributed by atoms with Crippen molar-refractivity contribution < 1.29 is 9.50 Å². The summed E-state index contributed by atoms with van der Waals surface area (Å²) in [6.07, 6.45) is 1.30. The van der Waals surface area contributed by atoms with Gasteiger partial charge in [-0.2, -0.15) is 11.8 Å². The van der Waals surface area contributed by atoms with Crippen molar-refractivity contribution >= 4 is 11.8 Å². The molecule has 1 aliphatic heterocycles. The maximum absolute atomic E-state index is 13.5. The lowest BCUT2D eigenvalue weighted by atomic mass is 9.88. The van der Waals surface area contributed by atoms with Gasteiger partial charge in [-0.3, -0.25) is 0 Å². The number of benzene rings is 1. The van der Waals surface area contributed by atoms with Crippen LogP contribution in [0.25, 0.3) is 0 Å². The minimum atomic E-state index is -0.934. The van der Waals surface area contributed by atoms with E-state index in [4.69, 9.17) is 0 Å². The molecule has 0 amide bonds. The minimum Gasteiger partial charge on any atom is -0.385 e. The van der Waals surface area contributed by atoms with E-state index < -0.39 is 5.60 Å². The zero-order chi connectivity index (χ0) is 10.0. The van der Waals surface area contributed by atoms with Crippen LogP contribution in [0.2, 0.25) is 0 Å². The van der Waals surface area contributed by atoms with Gasteiger partial charge < -0.3 is 5.11 Å². The van der Waals surface area contributed by atoms with Gasteiger partial charge in [-0.25, -0.2) is 4.39 Å². The Morgan fingerprint density at radius 3 is 2.50 bits per heavy atom. The van der Waals surface area contributed by atoms with E-state index in [1.165, 1.54) is 6.07 Å². The summed E-state index contributed by atoms with van der Waals surface area (Å²) < 4.78 is 13.5. The Morgan fingerprint density at radius 1 is 1.21 bits per heavy atom. The van der Waals surface area contributed by atoms with Crippen LogP contribution in [0.5, 0.6) is 0 Å². The summed E-state index contributed by atoms with van der Waals surface area (Å²) in [6, 6.07) is 6.53. The summed E-state index contributed by atoms with van der Waals surface area (Å²) in [7, 11) is 0. The average molecular weight is 212 g/mol. The molecule has 0 spiro atoms. The fourth-order valence-electron chi connectivity index (χ4n) is 1.82. The molecule has 0 saturated carbocycles. The van der Waals surface area contributed by atoms with E-state index >= 15 is 0 Å². The largest absolute Gasteiger partial charge is 0.385 e. The standard InChI is InChI=1S/C11H13FOS/c12-10-4-2-1-3-9(10)11(13)5-7-14-8-6-11/h1-4,13H,5-8H2. The van der Waals surface area contributed by atoms with Crippen LogP contribution in [0.4, 0.5) is 4.39 Å². The van der Waals surface area contributed by atoms with Crippen LogP contribution in [0.15, 0.2) is 24.3 Å². The third-order valence-electron chi connectivity index (χ3n) is 2.70. The molecule has 0 radical (unpaired) electrons. The Bertz CT molecular complexity index is 321. The van der Waals surface area contributed by atoms with Crippen molar-refractivity contribution in [3.05, 3.63) is 35.6 Å². The van der Waals surface area contributed by atoms with E-state index in [0.717, 1.165) is 11.5 Å². The van der Waals surface area contributed by atoms with Crippen molar-refractivity contribution in [2.24, 2.45) is 0 Å². The first kappa shape index (κ1) is 9.99. The maximum atomic E-state index is 13.5. The molecule has 1 aromatic carbocycles. The van der Waals surface area contributed by atoms with Crippen molar-refractivity contribution in [3.8, 4) is 0 Å². The van der Waals surface area contributed by atoms with Gasteiger partial charge in [0.2, 0.25) is 0 Å². The molecule has 3 heteroatoms. The van der Waals surface area contributed by atoms with Crippen LogP contribution in [0.1, 0.15) is 18.4 Å². The Hall–Kier alpha value is -0.540. The number of hydrogen-bond acceptors (Lipinski definition) is 2. The summed E-state index contributed by atoms with van der Waals surface area (Å²) in [5.74, 6) is 1.53. The molecule has 1 aliphatic rings. The lowest BCUT2D eigenvalue weighted by molar-refractivity contribution is 0.0246. The number of rotatable bonds is 1. The quantitative estimate of drug-likeness (QED) is 0.772. The fourth-order valence-corrected chi connectivity index (χ4v) is 2.99. The first-order chi connectivity index (χ1) is 6.72. The van der Waals surface area contributed by atoms with Crippen LogP contribution < -0.4 is 0 Å². The molecule has 1 heterocycles. The molecule has 1 fully saturated rings. The highest BCUT2D eigenvalue weighted by molar-refractivity contribution is 7.99. The molecule has 2 rings (SSSR count). The van der Waals surface area contributed by atoms with Gasteiger partial charge in [-0.15, -0.1) is 0 Å². The smallest absolute Gasteiger partial charge is 0.129 e. The molecule has 1 N–H and O–H groups in total. The van der Waals surface area contributed by atoms with E-state index in [-0.39, 0.29) is 5.82 Å². The summed E-state index contributed by atoms with van der Waals surface area (Å²) >= 11 is 1.82. The van der Waals surface area contributed by atoms with Crippen molar-refractivity contribution in [3.63, 3.8) is 0 Å². The zero-order valence-electron chi connectivity index (χ0n) is 7.87. The molecule has 0 unspecified atom stereocenters. The van der Waals surface area contributed by atoms with Crippen molar-refractivity contribution in [1.82, 2.24) is 0 Å². The van der Waals surface area contributed by atoms with Crippen LogP contribution in [0, 0.1) is 5.82 Å². The van der Waals surface area contributed by atoms with E-state index in [1.54, 1.807) is 18.2 Å². The van der Waals surface area contributed by atoms with Crippen molar-refractivity contribution in [2.45, 2.75) is 18.4 Å². The van der Waals surface area contributed by atoms with E-state index in [9.17, 15) is 9.50 Å². The highest BCUT2D eigenvalue weighted by atomic mass is 32.2. The highest BCUT2D eigenvalue weighted by Gasteiger charge is 2.33. The Morgan fingerprint density at radius 2 is 1.86 bits per heavy atom. The summed E-state index contributed by atoms with van der Waals surface area (Å²) in [6.45, 7) is 0. The van der Waals surface area contributed by atoms with Crippen LogP contribution in [0.3, 0.4) is 0 Å². The molecule has 0 bridgehead atoms. The van der Waals surface area contributed by atoms with E-state index in [0.29, 0.717) is 18.4 Å². The molecule has 1 aromatic rings. The van der Waals surface area contributed by atoms with Gasteiger partial charge in [0, 0.05) is 5.56 Å². The first-order valence-electron chi connectivity index (χ1n) is 4.77. The van der Waals surface area contributed by atoms with Gasteiger partial charge >= 0.3 is 0 Å². The second-order valence-electron chi connectivity index (χ2n) is 3.62. The number of hydrogen-bond donors (Lipinski definition) is 1. The Balaban J connectivity index is 2.32. The number of halogens is 1. The second kappa shape index (κ2) is 3.91. The van der Waals surface area contributed by atoms with E-state index in [1.807, 2.05) is 11.8 Å². The monoisotopic (exact) mass is 212 g/mol. The molecule has 1 saturated heterocycles. The summed E-state index contributed by atoms with van der Waals surface area (Å²) in [4.78, 5) is 0. The van der Waals surface area contributed by atoms with Crippen LogP contribution >= 0.6 is 11.8 Å². The minimum absolute atomic E-state index is 0.290. The van der Waals surface area contributed by atoms with Crippen LogP contribution in [-0.4, -0.2) is 16.6 Å². The zero-order valence-corrected chi connectivity index (χ0v) is 8.69. The Kier molecular flexibility index (Phi) is 2.79. The molecule has 76 valence electrons. The third kappa shape index (κ3) is 1.79. The predicted molar refractivity (Wildman–Crippen MR) is 56.9 cm³/mol. The normalized spacial score (nSPS) is 20.7. The molecule has 0 aromatic heterocycles. The lowest BCUT2D eigenvalue weighted by Gasteiger charge is -2.32. The maximum Gasteiger partial charge on any atom is 0.129 e. The predicted octanol–water partition coefficient (Wildman–Crippen LogP) is 2.54. The van der Waals surface area contributed by atoms with E-state index in [2.05, 4.69) is 0 Å². The van der Waals surface area contributed by atoms with Gasteiger partial charge in [0.15, 0.2) is 0 Å². The van der Waals surface area contributed by atoms with Gasteiger partial charge in [-0.1, -0.05) is 18.2 Å². The van der Waals surface area contributed by atoms with Crippen molar-refractivity contribution in [2.75, 3.05) is 11.5 Å². The average Bonchev–Trinajstić information content (AvgIpc) is 2.19. The molecular weight excluding hydrogens is 199 g/mol. The van der Waals surface area contributed by atoms with Gasteiger partial charge in [-0.05, 0) is 30.4 Å². The van der Waals surface area contributed by atoms with Gasteiger partial charge in [0.1, 0.15) is 5.82 Å². The van der Waals surface area contributed by atoms with Gasteiger partial charge in [0.25, 0.3) is 0 Å². The Labute approximate surface area is 87.3 Å². The first-order valence-corrected chi connectivity index (χ1v) is 5.93. The van der Waals surface area contributed by atoms with Crippen molar-refractivity contribution in [1.29, 1.82) is 0 Å². The third-order valence-corrected chi connectivity index (χ3v) is 3.68. The molecule has 0 aliphatic carbocycles. The van der Waals surface area contributed by atoms with Crippen LogP contribution in [-0.2, 0) is 5.60 Å². The second-order valence-corrected chi connectivity index (χ2v) is 4.85. The highest BCUT2D eigenvalue weighted by Crippen LogP contribution is 2.36. The molecule has 1 nitrogen and oxygen atoms in total. The fraction of sp³-hybridized carbons (Fsp3) is 0.455. The molecule has 14 heavy (non-hydrogen) atoms.